The summed E-state index contributed by atoms with van der Waals surface area (Å²) < 4.78 is 0. The maximum absolute atomic E-state index is 12.3. The van der Waals surface area contributed by atoms with E-state index in [0.29, 0.717) is 23.1 Å². The van der Waals surface area contributed by atoms with E-state index in [1.807, 2.05) is 25.1 Å². The van der Waals surface area contributed by atoms with E-state index in [1.54, 1.807) is 18.5 Å². The molecule has 0 spiro atoms. The minimum Gasteiger partial charge on any atom is -0.340 e. The molecule has 0 saturated carbocycles. The standard InChI is InChI=1S/C19H24N4O/c1-13-5-4-6-16(8-13)18(24)22-17-9-20-19(21-10-17)23-11-14(2)7-15(3)12-23/h4-6,8-10,14-15H,7,11-12H2,1-3H3,(H,22,24). The topological polar surface area (TPSA) is 58.1 Å². The zero-order chi connectivity index (χ0) is 17.1. The molecule has 1 aromatic carbocycles. The molecule has 2 heterocycles. The molecule has 5 nitrogen and oxygen atoms in total. The summed E-state index contributed by atoms with van der Waals surface area (Å²) in [6.07, 6.45) is 4.61. The van der Waals surface area contributed by atoms with Crippen LogP contribution in [-0.4, -0.2) is 29.0 Å². The Labute approximate surface area is 143 Å². The fraction of sp³-hybridized carbons (Fsp3) is 0.421. The SMILES string of the molecule is Cc1cccc(C(=O)Nc2cnc(N3CC(C)CC(C)C3)nc2)c1. The van der Waals surface area contributed by atoms with E-state index < -0.39 is 0 Å². The molecule has 1 amide bonds. The molecule has 1 aliphatic rings. The predicted octanol–water partition coefficient (Wildman–Crippen LogP) is 3.52. The number of nitrogens with zero attached hydrogens (tertiary/aromatic N) is 3. The fourth-order valence-corrected chi connectivity index (χ4v) is 3.36. The number of aromatic nitrogens is 2. The van der Waals surface area contributed by atoms with Gasteiger partial charge >= 0.3 is 0 Å². The first-order valence-corrected chi connectivity index (χ1v) is 8.46. The van der Waals surface area contributed by atoms with Crippen LogP contribution in [0, 0.1) is 18.8 Å². The van der Waals surface area contributed by atoms with Crippen LogP contribution in [0.3, 0.4) is 0 Å². The first-order chi connectivity index (χ1) is 11.5. The number of aryl methyl sites for hydroxylation is 1. The van der Waals surface area contributed by atoms with Crippen molar-refractivity contribution in [2.24, 2.45) is 11.8 Å². The van der Waals surface area contributed by atoms with Crippen molar-refractivity contribution in [3.05, 3.63) is 47.8 Å². The summed E-state index contributed by atoms with van der Waals surface area (Å²) in [5.74, 6) is 1.90. The van der Waals surface area contributed by atoms with Gasteiger partial charge in [-0.25, -0.2) is 9.97 Å². The Balaban J connectivity index is 1.67. The van der Waals surface area contributed by atoms with Crippen LogP contribution in [-0.2, 0) is 0 Å². The smallest absolute Gasteiger partial charge is 0.255 e. The highest BCUT2D eigenvalue weighted by Crippen LogP contribution is 2.24. The Kier molecular flexibility index (Phi) is 4.79. The summed E-state index contributed by atoms with van der Waals surface area (Å²) in [5, 5.41) is 2.85. The largest absolute Gasteiger partial charge is 0.340 e. The minimum absolute atomic E-state index is 0.143. The quantitative estimate of drug-likeness (QED) is 0.938. The van der Waals surface area contributed by atoms with Gasteiger partial charge in [0.25, 0.3) is 5.91 Å². The number of benzene rings is 1. The van der Waals surface area contributed by atoms with Gasteiger partial charge in [0.05, 0.1) is 18.1 Å². The van der Waals surface area contributed by atoms with Crippen molar-refractivity contribution in [2.75, 3.05) is 23.3 Å². The lowest BCUT2D eigenvalue weighted by atomic mass is 9.92. The molecule has 2 atom stereocenters. The van der Waals surface area contributed by atoms with Gasteiger partial charge in [-0.3, -0.25) is 4.79 Å². The lowest BCUT2D eigenvalue weighted by Gasteiger charge is -2.34. The molecule has 3 rings (SSSR count). The summed E-state index contributed by atoms with van der Waals surface area (Å²) >= 11 is 0. The normalized spacial score (nSPS) is 20.7. The molecule has 2 unspecified atom stereocenters. The number of piperidine rings is 1. The Morgan fingerprint density at radius 3 is 2.46 bits per heavy atom. The average Bonchev–Trinajstić information content (AvgIpc) is 2.54. The maximum Gasteiger partial charge on any atom is 0.255 e. The summed E-state index contributed by atoms with van der Waals surface area (Å²) in [4.78, 5) is 23.4. The number of hydrogen-bond donors (Lipinski definition) is 1. The van der Waals surface area contributed by atoms with Gasteiger partial charge in [0.1, 0.15) is 0 Å². The van der Waals surface area contributed by atoms with Crippen LogP contribution in [0.4, 0.5) is 11.6 Å². The third kappa shape index (κ3) is 3.91. The Morgan fingerprint density at radius 2 is 1.83 bits per heavy atom. The van der Waals surface area contributed by atoms with Crippen LogP contribution < -0.4 is 10.2 Å². The fourth-order valence-electron chi connectivity index (χ4n) is 3.36. The molecular weight excluding hydrogens is 300 g/mol. The van der Waals surface area contributed by atoms with Crippen LogP contribution in [0.15, 0.2) is 36.7 Å². The second-order valence-electron chi connectivity index (χ2n) is 6.95. The summed E-state index contributed by atoms with van der Waals surface area (Å²) in [6.45, 7) is 8.46. The Hall–Kier alpha value is -2.43. The van der Waals surface area contributed by atoms with Crippen molar-refractivity contribution in [1.82, 2.24) is 9.97 Å². The Morgan fingerprint density at radius 1 is 1.17 bits per heavy atom. The molecule has 1 saturated heterocycles. The predicted molar refractivity (Wildman–Crippen MR) is 96.3 cm³/mol. The highest BCUT2D eigenvalue weighted by atomic mass is 16.1. The zero-order valence-corrected chi connectivity index (χ0v) is 14.5. The number of hydrogen-bond acceptors (Lipinski definition) is 4. The van der Waals surface area contributed by atoms with Crippen LogP contribution in [0.5, 0.6) is 0 Å². The van der Waals surface area contributed by atoms with Gasteiger partial charge in [-0.1, -0.05) is 31.5 Å². The highest BCUT2D eigenvalue weighted by molar-refractivity contribution is 6.04. The van der Waals surface area contributed by atoms with E-state index >= 15 is 0 Å². The average molecular weight is 324 g/mol. The lowest BCUT2D eigenvalue weighted by Crippen LogP contribution is -2.39. The molecule has 1 N–H and O–H groups in total. The van der Waals surface area contributed by atoms with Gasteiger partial charge in [0, 0.05) is 18.7 Å². The molecule has 1 aliphatic heterocycles. The van der Waals surface area contributed by atoms with Gasteiger partial charge < -0.3 is 10.2 Å². The highest BCUT2D eigenvalue weighted by Gasteiger charge is 2.23. The van der Waals surface area contributed by atoms with Crippen molar-refractivity contribution in [3.8, 4) is 0 Å². The second kappa shape index (κ2) is 6.99. The monoisotopic (exact) mass is 324 g/mol. The van der Waals surface area contributed by atoms with Crippen molar-refractivity contribution < 1.29 is 4.79 Å². The number of carbonyl (C=O) groups is 1. The van der Waals surface area contributed by atoms with E-state index in [2.05, 4.69) is 34.0 Å². The number of nitrogens with one attached hydrogen (secondary N) is 1. The van der Waals surface area contributed by atoms with Gasteiger partial charge in [0.15, 0.2) is 0 Å². The van der Waals surface area contributed by atoms with Crippen molar-refractivity contribution in [3.63, 3.8) is 0 Å². The molecular formula is C19H24N4O. The molecule has 1 aromatic heterocycles. The third-order valence-electron chi connectivity index (χ3n) is 4.33. The molecule has 24 heavy (non-hydrogen) atoms. The van der Waals surface area contributed by atoms with Crippen molar-refractivity contribution in [1.29, 1.82) is 0 Å². The van der Waals surface area contributed by atoms with Gasteiger partial charge in [-0.15, -0.1) is 0 Å². The molecule has 0 aliphatic carbocycles. The number of carbonyl (C=O) groups excluding carboxylic acids is 1. The van der Waals surface area contributed by atoms with Crippen molar-refractivity contribution >= 4 is 17.5 Å². The van der Waals surface area contributed by atoms with Gasteiger partial charge in [-0.2, -0.15) is 0 Å². The molecule has 0 radical (unpaired) electrons. The van der Waals surface area contributed by atoms with Crippen LogP contribution in [0.1, 0.15) is 36.2 Å². The summed E-state index contributed by atoms with van der Waals surface area (Å²) in [5.41, 5.74) is 2.31. The first kappa shape index (κ1) is 16.4. The first-order valence-electron chi connectivity index (χ1n) is 8.46. The summed E-state index contributed by atoms with van der Waals surface area (Å²) in [7, 11) is 0. The number of amides is 1. The molecule has 5 heteroatoms. The van der Waals surface area contributed by atoms with Crippen LogP contribution in [0.2, 0.25) is 0 Å². The second-order valence-corrected chi connectivity index (χ2v) is 6.95. The van der Waals surface area contributed by atoms with Crippen molar-refractivity contribution in [2.45, 2.75) is 27.2 Å². The van der Waals surface area contributed by atoms with E-state index in [0.717, 1.165) is 24.6 Å². The number of anilines is 2. The van der Waals surface area contributed by atoms with E-state index in [9.17, 15) is 4.79 Å². The Bertz CT molecular complexity index is 704. The van der Waals surface area contributed by atoms with E-state index in [4.69, 9.17) is 0 Å². The molecule has 2 aromatic rings. The molecule has 0 bridgehead atoms. The van der Waals surface area contributed by atoms with Crippen LogP contribution in [0.25, 0.3) is 0 Å². The number of rotatable bonds is 3. The van der Waals surface area contributed by atoms with Crippen LogP contribution >= 0.6 is 0 Å². The molecule has 126 valence electrons. The zero-order valence-electron chi connectivity index (χ0n) is 14.5. The van der Waals surface area contributed by atoms with Gasteiger partial charge in [-0.05, 0) is 37.3 Å². The third-order valence-corrected chi connectivity index (χ3v) is 4.33. The minimum atomic E-state index is -0.143. The van der Waals surface area contributed by atoms with E-state index in [-0.39, 0.29) is 5.91 Å². The maximum atomic E-state index is 12.3. The van der Waals surface area contributed by atoms with Gasteiger partial charge in [0.2, 0.25) is 5.95 Å². The molecule has 1 fully saturated rings. The van der Waals surface area contributed by atoms with E-state index in [1.165, 1.54) is 6.42 Å². The summed E-state index contributed by atoms with van der Waals surface area (Å²) in [6, 6.07) is 7.51. The lowest BCUT2D eigenvalue weighted by molar-refractivity contribution is 0.102.